The van der Waals surface area contributed by atoms with Gasteiger partial charge in [-0.05, 0) is 12.1 Å². The number of alkyl halides is 3. The summed E-state index contributed by atoms with van der Waals surface area (Å²) in [4.78, 5) is 5.07. The van der Waals surface area contributed by atoms with Crippen LogP contribution in [0.1, 0.15) is 16.8 Å². The third kappa shape index (κ3) is 4.21. The van der Waals surface area contributed by atoms with Gasteiger partial charge in [-0.3, -0.25) is 0 Å². The third-order valence-electron chi connectivity index (χ3n) is 3.48. The average Bonchev–Trinajstić information content (AvgIpc) is 3.11. The molecule has 134 valence electrons. The molecule has 0 saturated heterocycles. The second-order valence-electron chi connectivity index (χ2n) is 5.38. The van der Waals surface area contributed by atoms with Crippen LogP contribution in [0.5, 0.6) is 0 Å². The van der Waals surface area contributed by atoms with Crippen molar-refractivity contribution in [3.8, 4) is 11.3 Å². The van der Waals surface area contributed by atoms with E-state index in [2.05, 4.69) is 10.3 Å². The monoisotopic (exact) mass is 361 g/mol. The molecule has 0 fully saturated rings. The second-order valence-corrected chi connectivity index (χ2v) is 5.38. The summed E-state index contributed by atoms with van der Waals surface area (Å²) in [6.07, 6.45) is -4.45. The van der Waals surface area contributed by atoms with Gasteiger partial charge in [0.15, 0.2) is 18.2 Å². The first-order valence-electron chi connectivity index (χ1n) is 7.57. The van der Waals surface area contributed by atoms with Crippen molar-refractivity contribution in [3.05, 3.63) is 77.5 Å². The zero-order valence-corrected chi connectivity index (χ0v) is 13.4. The number of nitrogens with two attached hydrogens (primary N) is 1. The van der Waals surface area contributed by atoms with Gasteiger partial charge in [-0.1, -0.05) is 52.8 Å². The van der Waals surface area contributed by atoms with Gasteiger partial charge >= 0.3 is 6.18 Å². The molecule has 0 bridgehead atoms. The highest BCUT2D eigenvalue weighted by Crippen LogP contribution is 2.29. The predicted molar refractivity (Wildman–Crippen MR) is 88.9 cm³/mol. The maximum Gasteiger partial charge on any atom is 0.416 e. The Morgan fingerprint density at radius 3 is 2.58 bits per heavy atom. The molecule has 1 aromatic heterocycles. The number of rotatable bonds is 5. The first kappa shape index (κ1) is 17.5. The topological polar surface area (TPSA) is 73.6 Å². The summed E-state index contributed by atoms with van der Waals surface area (Å²) in [5, 5.41) is 7.49. The van der Waals surface area contributed by atoms with Crippen LogP contribution >= 0.6 is 0 Å². The van der Waals surface area contributed by atoms with Crippen molar-refractivity contribution in [2.24, 2.45) is 10.9 Å². The minimum Gasteiger partial charge on any atom is -0.387 e. The van der Waals surface area contributed by atoms with Gasteiger partial charge in [0.05, 0.1) is 5.56 Å². The second kappa shape index (κ2) is 7.30. The third-order valence-corrected chi connectivity index (χ3v) is 3.48. The molecule has 2 N–H and O–H groups in total. The maximum atomic E-state index is 12.7. The van der Waals surface area contributed by atoms with Crippen LogP contribution in [0.15, 0.2) is 70.3 Å². The van der Waals surface area contributed by atoms with Gasteiger partial charge in [0.2, 0.25) is 0 Å². The lowest BCUT2D eigenvalue weighted by Crippen LogP contribution is -2.15. The van der Waals surface area contributed by atoms with Crippen LogP contribution in [-0.4, -0.2) is 11.0 Å². The van der Waals surface area contributed by atoms with Crippen LogP contribution in [0, 0.1) is 0 Å². The summed E-state index contributed by atoms with van der Waals surface area (Å²) in [5.74, 6) is 0.405. The zero-order valence-electron chi connectivity index (χ0n) is 13.4. The van der Waals surface area contributed by atoms with Crippen LogP contribution < -0.4 is 5.73 Å². The lowest BCUT2D eigenvalue weighted by Gasteiger charge is -2.08. The number of amidine groups is 1. The molecule has 0 spiro atoms. The van der Waals surface area contributed by atoms with Crippen molar-refractivity contribution >= 4 is 5.84 Å². The highest BCUT2D eigenvalue weighted by atomic mass is 19.4. The SMILES string of the molecule is N/C(=N\OCc1cc(-c2ccccc2)on1)c1cccc(C(F)(F)F)c1. The Labute approximate surface area is 146 Å². The van der Waals surface area contributed by atoms with E-state index in [1.807, 2.05) is 30.3 Å². The van der Waals surface area contributed by atoms with E-state index < -0.39 is 11.7 Å². The molecule has 2 aromatic carbocycles. The minimum absolute atomic E-state index is 0.0318. The number of hydrogen-bond acceptors (Lipinski definition) is 4. The lowest BCUT2D eigenvalue weighted by molar-refractivity contribution is -0.137. The van der Waals surface area contributed by atoms with Crippen LogP contribution in [-0.2, 0) is 17.6 Å². The van der Waals surface area contributed by atoms with Gasteiger partial charge in [0.1, 0.15) is 5.69 Å². The van der Waals surface area contributed by atoms with Crippen molar-refractivity contribution in [3.63, 3.8) is 0 Å². The molecule has 8 heteroatoms. The van der Waals surface area contributed by atoms with E-state index in [9.17, 15) is 13.2 Å². The molecule has 0 amide bonds. The van der Waals surface area contributed by atoms with Crippen LogP contribution in [0.25, 0.3) is 11.3 Å². The highest BCUT2D eigenvalue weighted by Gasteiger charge is 2.30. The predicted octanol–water partition coefficient (Wildman–Crippen LogP) is 4.20. The van der Waals surface area contributed by atoms with E-state index in [0.29, 0.717) is 11.5 Å². The standard InChI is InChI=1S/C18H14F3N3O2/c19-18(20,21)14-8-4-7-13(9-14)17(22)24-25-11-15-10-16(26-23-15)12-5-2-1-3-6-12/h1-10H,11H2,(H2,22,24). The fraction of sp³-hybridized carbons (Fsp3) is 0.111. The summed E-state index contributed by atoms with van der Waals surface area (Å²) < 4.78 is 43.4. The first-order valence-corrected chi connectivity index (χ1v) is 7.57. The van der Waals surface area contributed by atoms with Gasteiger partial charge < -0.3 is 15.1 Å². The molecule has 0 aliphatic heterocycles. The van der Waals surface area contributed by atoms with Gasteiger partial charge in [0, 0.05) is 17.2 Å². The lowest BCUT2D eigenvalue weighted by atomic mass is 10.1. The molecule has 26 heavy (non-hydrogen) atoms. The van der Waals surface area contributed by atoms with Crippen molar-refractivity contribution in [1.29, 1.82) is 0 Å². The van der Waals surface area contributed by atoms with E-state index >= 15 is 0 Å². The number of benzene rings is 2. The Hall–Kier alpha value is -3.29. The summed E-state index contributed by atoms with van der Waals surface area (Å²) in [7, 11) is 0. The average molecular weight is 361 g/mol. The number of nitrogens with zero attached hydrogens (tertiary/aromatic N) is 2. The molecule has 0 atom stereocenters. The molecule has 0 aliphatic rings. The van der Waals surface area contributed by atoms with Gasteiger partial charge in [-0.15, -0.1) is 0 Å². The smallest absolute Gasteiger partial charge is 0.387 e. The van der Waals surface area contributed by atoms with Crippen molar-refractivity contribution in [2.75, 3.05) is 0 Å². The normalized spacial score (nSPS) is 12.2. The van der Waals surface area contributed by atoms with E-state index in [4.69, 9.17) is 15.1 Å². The quantitative estimate of drug-likeness (QED) is 0.420. The number of hydrogen-bond donors (Lipinski definition) is 1. The molecule has 0 saturated carbocycles. The molecular formula is C18H14F3N3O2. The Kier molecular flexibility index (Phi) is 4.92. The number of oxime groups is 1. The van der Waals surface area contributed by atoms with Crippen molar-refractivity contribution < 1.29 is 22.5 Å². The van der Waals surface area contributed by atoms with E-state index in [1.165, 1.54) is 12.1 Å². The molecule has 1 heterocycles. The van der Waals surface area contributed by atoms with Crippen molar-refractivity contribution in [1.82, 2.24) is 5.16 Å². The molecular weight excluding hydrogens is 347 g/mol. The van der Waals surface area contributed by atoms with E-state index in [-0.39, 0.29) is 18.0 Å². The largest absolute Gasteiger partial charge is 0.416 e. The van der Waals surface area contributed by atoms with Crippen LogP contribution in [0.3, 0.4) is 0 Å². The Morgan fingerprint density at radius 1 is 1.08 bits per heavy atom. The first-order chi connectivity index (χ1) is 12.4. The van der Waals surface area contributed by atoms with Crippen LogP contribution in [0.4, 0.5) is 13.2 Å². The molecule has 3 rings (SSSR count). The molecule has 5 nitrogen and oxygen atoms in total. The highest BCUT2D eigenvalue weighted by molar-refractivity contribution is 5.97. The van der Waals surface area contributed by atoms with Gasteiger partial charge in [-0.25, -0.2) is 0 Å². The summed E-state index contributed by atoms with van der Waals surface area (Å²) in [6.45, 7) is -0.0318. The Morgan fingerprint density at radius 2 is 1.85 bits per heavy atom. The molecule has 0 aliphatic carbocycles. The molecule has 3 aromatic rings. The molecule has 0 radical (unpaired) electrons. The summed E-state index contributed by atoms with van der Waals surface area (Å²) in [6, 6.07) is 15.6. The summed E-state index contributed by atoms with van der Waals surface area (Å²) in [5.41, 5.74) is 6.32. The van der Waals surface area contributed by atoms with E-state index in [0.717, 1.165) is 17.7 Å². The Bertz CT molecular complexity index is 905. The number of aromatic nitrogens is 1. The number of halogens is 3. The molecule has 0 unspecified atom stereocenters. The zero-order chi connectivity index (χ0) is 18.6. The van der Waals surface area contributed by atoms with Crippen LogP contribution in [0.2, 0.25) is 0 Å². The van der Waals surface area contributed by atoms with Crippen molar-refractivity contribution in [2.45, 2.75) is 12.8 Å². The van der Waals surface area contributed by atoms with E-state index in [1.54, 1.807) is 6.07 Å². The minimum atomic E-state index is -4.45. The maximum absolute atomic E-state index is 12.7. The fourth-order valence-electron chi connectivity index (χ4n) is 2.19. The van der Waals surface area contributed by atoms with Gasteiger partial charge in [0.25, 0.3) is 0 Å². The summed E-state index contributed by atoms with van der Waals surface area (Å²) >= 11 is 0. The van der Waals surface area contributed by atoms with Gasteiger partial charge in [-0.2, -0.15) is 13.2 Å². The Balaban J connectivity index is 1.65. The fourth-order valence-corrected chi connectivity index (χ4v) is 2.19.